The summed E-state index contributed by atoms with van der Waals surface area (Å²) in [4.78, 5) is 31.8. The molecule has 0 radical (unpaired) electrons. The number of amides is 2. The lowest BCUT2D eigenvalue weighted by molar-refractivity contribution is -0.113. The van der Waals surface area contributed by atoms with Gasteiger partial charge in [-0.25, -0.2) is 4.98 Å². The number of likely N-dealkylation sites (tertiary alicyclic amines) is 1. The summed E-state index contributed by atoms with van der Waals surface area (Å²) in [5.41, 5.74) is 1.12. The fraction of sp³-hybridized carbons (Fsp3) is 0.435. The Kier molecular flexibility index (Phi) is 7.49. The van der Waals surface area contributed by atoms with E-state index in [2.05, 4.69) is 27.4 Å². The molecule has 0 bridgehead atoms. The highest BCUT2D eigenvalue weighted by atomic mass is 32.2. The van der Waals surface area contributed by atoms with Gasteiger partial charge in [-0.1, -0.05) is 18.7 Å². The van der Waals surface area contributed by atoms with Gasteiger partial charge in [-0.3, -0.25) is 9.59 Å². The summed E-state index contributed by atoms with van der Waals surface area (Å²) < 4.78 is 10.6. The number of hydrogen-bond donors (Lipinski definition) is 2. The highest BCUT2D eigenvalue weighted by Crippen LogP contribution is 2.34. The third kappa shape index (κ3) is 5.92. The van der Waals surface area contributed by atoms with E-state index in [-0.39, 0.29) is 24.4 Å². The molecule has 2 N–H and O–H groups in total. The second kappa shape index (κ2) is 10.7. The van der Waals surface area contributed by atoms with Crippen molar-refractivity contribution >= 4 is 29.3 Å². The van der Waals surface area contributed by atoms with E-state index in [4.69, 9.17) is 9.47 Å². The number of carbonyl (C=O) groups excluding carboxylic acids is 2. The van der Waals surface area contributed by atoms with Crippen LogP contribution in [-0.2, 0) is 4.79 Å². The lowest BCUT2D eigenvalue weighted by Crippen LogP contribution is -2.40. The number of nitrogens with zero attached hydrogens (tertiary/aromatic N) is 2. The van der Waals surface area contributed by atoms with E-state index in [1.807, 2.05) is 0 Å². The van der Waals surface area contributed by atoms with Gasteiger partial charge < -0.3 is 25.0 Å². The molecule has 2 aliphatic rings. The summed E-state index contributed by atoms with van der Waals surface area (Å²) in [5.74, 6) is 1.77. The second-order valence-corrected chi connectivity index (χ2v) is 9.03. The number of aromatic nitrogens is 1. The number of carbonyl (C=O) groups is 2. The normalized spacial score (nSPS) is 17.7. The largest absolute Gasteiger partial charge is 0.454 e. The highest BCUT2D eigenvalue weighted by Gasteiger charge is 2.18. The van der Waals surface area contributed by atoms with Gasteiger partial charge in [-0.2, -0.15) is 0 Å². The summed E-state index contributed by atoms with van der Waals surface area (Å²) in [6, 6.07) is 8.73. The molecule has 2 aliphatic heterocycles. The Morgan fingerprint density at radius 2 is 2.12 bits per heavy atom. The maximum atomic E-state index is 12.7. The average Bonchev–Trinajstić information content (AvgIpc) is 3.26. The summed E-state index contributed by atoms with van der Waals surface area (Å²) in [5, 5.41) is 6.37. The topological polar surface area (TPSA) is 92.8 Å². The van der Waals surface area contributed by atoms with Crippen LogP contribution in [0.1, 0.15) is 30.1 Å². The zero-order valence-electron chi connectivity index (χ0n) is 18.1. The van der Waals surface area contributed by atoms with Crippen LogP contribution in [-0.4, -0.2) is 60.4 Å². The molecule has 2 aromatic rings. The summed E-state index contributed by atoms with van der Waals surface area (Å²) >= 11 is 1.24. The Bertz CT molecular complexity index is 971. The van der Waals surface area contributed by atoms with Gasteiger partial charge in [-0.15, -0.1) is 0 Å². The number of ether oxygens (including phenoxy) is 2. The molecule has 2 amide bonds. The number of pyridine rings is 1. The molecule has 1 atom stereocenters. The van der Waals surface area contributed by atoms with Crippen molar-refractivity contribution in [2.75, 3.05) is 44.0 Å². The molecule has 0 spiro atoms. The molecule has 9 heteroatoms. The number of rotatable bonds is 8. The summed E-state index contributed by atoms with van der Waals surface area (Å²) in [6.45, 7) is 6.07. The van der Waals surface area contributed by atoms with Crippen LogP contribution < -0.4 is 20.1 Å². The lowest BCUT2D eigenvalue weighted by Gasteiger charge is -2.30. The quantitative estimate of drug-likeness (QED) is 0.590. The van der Waals surface area contributed by atoms with E-state index in [1.165, 1.54) is 24.6 Å². The minimum Gasteiger partial charge on any atom is -0.454 e. The summed E-state index contributed by atoms with van der Waals surface area (Å²) in [6.07, 6.45) is 4.12. The molecule has 32 heavy (non-hydrogen) atoms. The van der Waals surface area contributed by atoms with Crippen LogP contribution in [0.4, 0.5) is 5.69 Å². The van der Waals surface area contributed by atoms with E-state index >= 15 is 0 Å². The van der Waals surface area contributed by atoms with E-state index in [9.17, 15) is 9.59 Å². The number of thioether (sulfide) groups is 1. The molecule has 1 aromatic heterocycles. The predicted octanol–water partition coefficient (Wildman–Crippen LogP) is 3.00. The van der Waals surface area contributed by atoms with Gasteiger partial charge in [-0.05, 0) is 49.6 Å². The molecule has 0 aliphatic carbocycles. The van der Waals surface area contributed by atoms with Crippen molar-refractivity contribution < 1.29 is 19.1 Å². The average molecular weight is 457 g/mol. The Balaban J connectivity index is 1.27. The molecule has 1 aromatic carbocycles. The third-order valence-electron chi connectivity index (χ3n) is 5.47. The van der Waals surface area contributed by atoms with Gasteiger partial charge in [0.05, 0.1) is 11.3 Å². The van der Waals surface area contributed by atoms with Crippen molar-refractivity contribution in [3.63, 3.8) is 0 Å². The van der Waals surface area contributed by atoms with E-state index < -0.39 is 0 Å². The predicted molar refractivity (Wildman–Crippen MR) is 123 cm³/mol. The highest BCUT2D eigenvalue weighted by molar-refractivity contribution is 8.00. The Labute approximate surface area is 192 Å². The molecule has 0 saturated carbocycles. The number of benzene rings is 1. The zero-order valence-corrected chi connectivity index (χ0v) is 19.0. The van der Waals surface area contributed by atoms with Crippen molar-refractivity contribution in [1.82, 2.24) is 15.2 Å². The molecule has 170 valence electrons. The molecule has 1 unspecified atom stereocenters. The third-order valence-corrected chi connectivity index (χ3v) is 6.47. The first-order valence-electron chi connectivity index (χ1n) is 10.9. The van der Waals surface area contributed by atoms with E-state index in [0.717, 1.165) is 19.6 Å². The SMILES string of the molecule is CC1CCCN(CCNC(=O)c2cccnc2SCC(=O)Nc2ccc3c(c2)OCO3)C1. The number of anilines is 1. The maximum absolute atomic E-state index is 12.7. The Morgan fingerprint density at radius 1 is 1.25 bits per heavy atom. The first-order chi connectivity index (χ1) is 15.6. The van der Waals surface area contributed by atoms with Crippen LogP contribution in [0.3, 0.4) is 0 Å². The van der Waals surface area contributed by atoms with Crippen LogP contribution in [0.2, 0.25) is 0 Å². The van der Waals surface area contributed by atoms with Crippen molar-refractivity contribution in [3.8, 4) is 11.5 Å². The smallest absolute Gasteiger partial charge is 0.254 e. The minimum atomic E-state index is -0.190. The van der Waals surface area contributed by atoms with Crippen molar-refractivity contribution in [1.29, 1.82) is 0 Å². The Hall–Kier alpha value is -2.78. The number of hydrogen-bond acceptors (Lipinski definition) is 7. The number of fused-ring (bicyclic) bond motifs is 1. The van der Waals surface area contributed by atoms with Crippen molar-refractivity contribution in [2.45, 2.75) is 24.8 Å². The van der Waals surface area contributed by atoms with Gasteiger partial charge >= 0.3 is 0 Å². The van der Waals surface area contributed by atoms with Gasteiger partial charge in [0.2, 0.25) is 12.7 Å². The van der Waals surface area contributed by atoms with Gasteiger partial charge in [0, 0.05) is 37.6 Å². The second-order valence-electron chi connectivity index (χ2n) is 8.06. The van der Waals surface area contributed by atoms with Gasteiger partial charge in [0.25, 0.3) is 5.91 Å². The van der Waals surface area contributed by atoms with Crippen LogP contribution in [0.25, 0.3) is 0 Å². The fourth-order valence-corrected chi connectivity index (χ4v) is 4.69. The monoisotopic (exact) mass is 456 g/mol. The van der Waals surface area contributed by atoms with Crippen LogP contribution in [0, 0.1) is 5.92 Å². The van der Waals surface area contributed by atoms with E-state index in [0.29, 0.717) is 40.2 Å². The first kappa shape index (κ1) is 22.4. The number of piperidine rings is 1. The molecular weight excluding hydrogens is 428 g/mol. The van der Waals surface area contributed by atoms with Crippen molar-refractivity contribution in [3.05, 3.63) is 42.1 Å². The minimum absolute atomic E-state index is 0.136. The molecular formula is C23H28N4O4S. The first-order valence-corrected chi connectivity index (χ1v) is 11.8. The van der Waals surface area contributed by atoms with E-state index in [1.54, 1.807) is 36.5 Å². The van der Waals surface area contributed by atoms with Crippen LogP contribution in [0.5, 0.6) is 11.5 Å². The summed E-state index contributed by atoms with van der Waals surface area (Å²) in [7, 11) is 0. The standard InChI is InChI=1S/C23H28N4O4S/c1-16-4-3-10-27(13-16)11-9-24-22(29)18-5-2-8-25-23(18)32-14-21(28)26-17-6-7-19-20(12-17)31-15-30-19/h2,5-8,12,16H,3-4,9-11,13-15H2,1H3,(H,24,29)(H,26,28). The molecule has 3 heterocycles. The maximum Gasteiger partial charge on any atom is 0.254 e. The fourth-order valence-electron chi connectivity index (χ4n) is 3.90. The Morgan fingerprint density at radius 3 is 3.00 bits per heavy atom. The number of nitrogens with one attached hydrogen (secondary N) is 2. The molecule has 1 saturated heterocycles. The zero-order chi connectivity index (χ0) is 22.3. The van der Waals surface area contributed by atoms with Gasteiger partial charge in [0.1, 0.15) is 5.03 Å². The van der Waals surface area contributed by atoms with Crippen molar-refractivity contribution in [2.24, 2.45) is 5.92 Å². The van der Waals surface area contributed by atoms with Gasteiger partial charge in [0.15, 0.2) is 11.5 Å². The molecule has 4 rings (SSSR count). The lowest BCUT2D eigenvalue weighted by atomic mass is 10.0. The molecule has 8 nitrogen and oxygen atoms in total. The van der Waals surface area contributed by atoms with Crippen LogP contribution >= 0.6 is 11.8 Å². The molecule has 1 fully saturated rings. The van der Waals surface area contributed by atoms with Crippen LogP contribution in [0.15, 0.2) is 41.6 Å².